The van der Waals surface area contributed by atoms with Crippen LogP contribution in [0.15, 0.2) is 36.4 Å². The number of esters is 1. The van der Waals surface area contributed by atoms with Gasteiger partial charge in [-0.3, -0.25) is 28.9 Å². The molecular weight excluding hydrogens is 574 g/mol. The molecule has 0 unspecified atom stereocenters. The average Bonchev–Trinajstić information content (AvgIpc) is 3.25. The minimum absolute atomic E-state index is 0.0859. The van der Waals surface area contributed by atoms with Crippen LogP contribution >= 0.6 is 0 Å². The maximum atomic E-state index is 12.9. The van der Waals surface area contributed by atoms with Gasteiger partial charge in [-0.1, -0.05) is 26.0 Å². The number of imide groups is 1. The molecule has 44 heavy (non-hydrogen) atoms. The van der Waals surface area contributed by atoms with E-state index in [9.17, 15) is 33.6 Å². The van der Waals surface area contributed by atoms with E-state index in [1.165, 1.54) is 13.8 Å². The summed E-state index contributed by atoms with van der Waals surface area (Å²) < 4.78 is 10.4. The molecule has 1 heterocycles. The van der Waals surface area contributed by atoms with Gasteiger partial charge >= 0.3 is 12.1 Å². The minimum Gasteiger partial charge on any atom is -0.458 e. The van der Waals surface area contributed by atoms with E-state index in [0.29, 0.717) is 11.3 Å². The molecule has 4 N–H and O–H groups in total. The Hall–Kier alpha value is -4.75. The number of amides is 6. The number of nitrogens with zero attached hydrogens (tertiary/aromatic N) is 1. The molecule has 1 aliphatic heterocycles. The number of alkyl carbamates (subject to hydrolysis) is 1. The lowest BCUT2D eigenvalue weighted by molar-refractivity contribution is -0.156. The number of benzene rings is 1. The standard InChI is InChI=1S/C30H41N5O9/c1-17(2)25(34-22(36)14-15-35-23(37)12-13-24(35)38)27(40)31-18(3)26(39)33-21-10-8-20(9-11-21)16-43-29(42)32-19(4)28(41)44-30(5,6)7/h8-13,17-19,25H,14-16H2,1-7H3,(H,31,40)(H,32,42)(H,33,39)(H,34,36)/t18-,19-,25-/m0/s1. The minimum atomic E-state index is -0.954. The zero-order valence-electron chi connectivity index (χ0n) is 26.0. The van der Waals surface area contributed by atoms with Crippen LogP contribution in [0.5, 0.6) is 0 Å². The summed E-state index contributed by atoms with van der Waals surface area (Å²) in [5.41, 5.74) is 0.359. The van der Waals surface area contributed by atoms with Gasteiger partial charge in [-0.05, 0) is 58.2 Å². The first-order valence-electron chi connectivity index (χ1n) is 14.2. The summed E-state index contributed by atoms with van der Waals surface area (Å²) in [6.45, 7) is 11.4. The van der Waals surface area contributed by atoms with Crippen LogP contribution in [0.3, 0.4) is 0 Å². The summed E-state index contributed by atoms with van der Waals surface area (Å²) in [6.07, 6.45) is 1.27. The summed E-state index contributed by atoms with van der Waals surface area (Å²) in [5.74, 6) is -3.52. The van der Waals surface area contributed by atoms with Crippen molar-refractivity contribution < 1.29 is 43.0 Å². The number of anilines is 1. The average molecular weight is 616 g/mol. The van der Waals surface area contributed by atoms with Crippen LogP contribution in [0, 0.1) is 5.92 Å². The van der Waals surface area contributed by atoms with Crippen molar-refractivity contribution in [2.75, 3.05) is 11.9 Å². The molecule has 0 saturated carbocycles. The number of rotatable bonds is 13. The first kappa shape index (κ1) is 35.4. The molecule has 0 radical (unpaired) electrons. The lowest BCUT2D eigenvalue weighted by atomic mass is 10.0. The molecule has 3 atom stereocenters. The zero-order chi connectivity index (χ0) is 33.2. The van der Waals surface area contributed by atoms with Crippen molar-refractivity contribution in [2.24, 2.45) is 5.92 Å². The number of nitrogens with one attached hydrogen (secondary N) is 4. The van der Waals surface area contributed by atoms with Gasteiger partial charge in [-0.15, -0.1) is 0 Å². The normalized spacial score (nSPS) is 14.9. The molecule has 14 heteroatoms. The van der Waals surface area contributed by atoms with Crippen molar-refractivity contribution in [1.29, 1.82) is 0 Å². The van der Waals surface area contributed by atoms with Crippen molar-refractivity contribution >= 4 is 47.3 Å². The molecule has 0 fully saturated rings. The van der Waals surface area contributed by atoms with Gasteiger partial charge < -0.3 is 30.7 Å². The quantitative estimate of drug-likeness (QED) is 0.188. The van der Waals surface area contributed by atoms with Crippen LogP contribution in [0.25, 0.3) is 0 Å². The van der Waals surface area contributed by atoms with Crippen molar-refractivity contribution in [3.05, 3.63) is 42.0 Å². The highest BCUT2D eigenvalue weighted by Crippen LogP contribution is 2.12. The SMILES string of the molecule is CC(C)[C@H](NC(=O)CCN1C(=O)C=CC1=O)C(=O)N[C@@H](C)C(=O)Nc1ccc(COC(=O)N[C@@H](C)C(=O)OC(C)(C)C)cc1. The lowest BCUT2D eigenvalue weighted by Crippen LogP contribution is -2.54. The van der Waals surface area contributed by atoms with Crippen molar-refractivity contribution in [2.45, 2.75) is 85.2 Å². The second-order valence-electron chi connectivity index (χ2n) is 11.6. The monoisotopic (exact) mass is 615 g/mol. The summed E-state index contributed by atoms with van der Waals surface area (Å²) in [4.78, 5) is 86.3. The van der Waals surface area contributed by atoms with Crippen LogP contribution in [-0.2, 0) is 44.8 Å². The van der Waals surface area contributed by atoms with E-state index in [2.05, 4.69) is 21.3 Å². The Morgan fingerprint density at radius 3 is 1.95 bits per heavy atom. The predicted octanol–water partition coefficient (Wildman–Crippen LogP) is 1.54. The highest BCUT2D eigenvalue weighted by molar-refractivity contribution is 6.13. The molecule has 0 bridgehead atoms. The van der Waals surface area contributed by atoms with Crippen LogP contribution in [0.1, 0.15) is 60.5 Å². The number of carbonyl (C=O) groups excluding carboxylic acids is 7. The lowest BCUT2D eigenvalue weighted by Gasteiger charge is -2.24. The van der Waals surface area contributed by atoms with Gasteiger partial charge in [0.25, 0.3) is 11.8 Å². The molecule has 0 spiro atoms. The van der Waals surface area contributed by atoms with Crippen LogP contribution in [0.4, 0.5) is 10.5 Å². The fourth-order valence-corrected chi connectivity index (χ4v) is 3.77. The van der Waals surface area contributed by atoms with Gasteiger partial charge in [0.15, 0.2) is 0 Å². The van der Waals surface area contributed by atoms with E-state index in [4.69, 9.17) is 9.47 Å². The molecular formula is C30H41N5O9. The van der Waals surface area contributed by atoms with E-state index >= 15 is 0 Å². The summed E-state index contributed by atoms with van der Waals surface area (Å²) in [6, 6.07) is 3.64. The molecule has 0 aliphatic carbocycles. The smallest absolute Gasteiger partial charge is 0.408 e. The molecule has 1 aromatic carbocycles. The Labute approximate surface area is 256 Å². The Bertz CT molecular complexity index is 1270. The molecule has 14 nitrogen and oxygen atoms in total. The molecule has 240 valence electrons. The third-order valence-electron chi connectivity index (χ3n) is 6.17. The summed E-state index contributed by atoms with van der Waals surface area (Å²) in [7, 11) is 0. The largest absolute Gasteiger partial charge is 0.458 e. The van der Waals surface area contributed by atoms with E-state index < -0.39 is 65.3 Å². The number of carbonyl (C=O) groups is 7. The maximum absolute atomic E-state index is 12.9. The van der Waals surface area contributed by atoms with E-state index in [1.54, 1.807) is 58.9 Å². The van der Waals surface area contributed by atoms with Crippen molar-refractivity contribution in [3.8, 4) is 0 Å². The number of ether oxygens (including phenoxy) is 2. The van der Waals surface area contributed by atoms with E-state index in [1.807, 2.05) is 0 Å². The topological polar surface area (TPSA) is 189 Å². The van der Waals surface area contributed by atoms with Gasteiger partial charge in [0.2, 0.25) is 17.7 Å². The van der Waals surface area contributed by atoms with E-state index in [0.717, 1.165) is 17.1 Å². The first-order valence-corrected chi connectivity index (χ1v) is 14.2. The van der Waals surface area contributed by atoms with Crippen LogP contribution in [-0.4, -0.2) is 76.8 Å². The fraction of sp³-hybridized carbons (Fsp3) is 0.500. The Balaban J connectivity index is 1.81. The van der Waals surface area contributed by atoms with Crippen molar-refractivity contribution in [1.82, 2.24) is 20.9 Å². The van der Waals surface area contributed by atoms with Gasteiger partial charge in [-0.25, -0.2) is 9.59 Å². The van der Waals surface area contributed by atoms with Gasteiger partial charge in [-0.2, -0.15) is 0 Å². The molecule has 2 rings (SSSR count). The summed E-state index contributed by atoms with van der Waals surface area (Å²) >= 11 is 0. The third-order valence-corrected chi connectivity index (χ3v) is 6.17. The van der Waals surface area contributed by atoms with Gasteiger partial charge in [0, 0.05) is 30.8 Å². The van der Waals surface area contributed by atoms with Gasteiger partial charge in [0.05, 0.1) is 0 Å². The maximum Gasteiger partial charge on any atom is 0.408 e. The van der Waals surface area contributed by atoms with Crippen LogP contribution < -0.4 is 21.3 Å². The molecule has 1 aromatic rings. The third kappa shape index (κ3) is 11.5. The molecule has 6 amide bonds. The van der Waals surface area contributed by atoms with E-state index in [-0.39, 0.29) is 25.5 Å². The number of hydrogen-bond acceptors (Lipinski definition) is 9. The zero-order valence-corrected chi connectivity index (χ0v) is 26.0. The second kappa shape index (κ2) is 15.6. The second-order valence-corrected chi connectivity index (χ2v) is 11.6. The van der Waals surface area contributed by atoms with Crippen LogP contribution in [0.2, 0.25) is 0 Å². The predicted molar refractivity (Wildman–Crippen MR) is 159 cm³/mol. The Morgan fingerprint density at radius 1 is 0.818 bits per heavy atom. The number of hydrogen-bond donors (Lipinski definition) is 4. The molecule has 0 saturated heterocycles. The Kier molecular flexibility index (Phi) is 12.6. The molecule has 0 aromatic heterocycles. The van der Waals surface area contributed by atoms with Crippen molar-refractivity contribution in [3.63, 3.8) is 0 Å². The first-order chi connectivity index (χ1) is 20.5. The highest BCUT2D eigenvalue weighted by atomic mass is 16.6. The fourth-order valence-electron chi connectivity index (χ4n) is 3.77. The van der Waals surface area contributed by atoms with Gasteiger partial charge in [0.1, 0.15) is 30.3 Å². The Morgan fingerprint density at radius 2 is 1.41 bits per heavy atom. The summed E-state index contributed by atoms with van der Waals surface area (Å²) in [5, 5.41) is 10.3. The highest BCUT2D eigenvalue weighted by Gasteiger charge is 2.29. The molecule has 1 aliphatic rings.